The van der Waals surface area contributed by atoms with E-state index in [1.807, 2.05) is 6.07 Å². The Morgan fingerprint density at radius 2 is 1.76 bits per heavy atom. The molecule has 1 spiro atoms. The number of hydrogen-bond acceptors (Lipinski definition) is 8. The quantitative estimate of drug-likeness (QED) is 0.493. The van der Waals surface area contributed by atoms with E-state index in [-0.39, 0.29) is 22.8 Å². The Bertz CT molecular complexity index is 1330. The van der Waals surface area contributed by atoms with E-state index in [2.05, 4.69) is 14.7 Å². The van der Waals surface area contributed by atoms with Crippen LogP contribution in [0.1, 0.15) is 86.9 Å². The fourth-order valence-corrected chi connectivity index (χ4v) is 9.23. The minimum absolute atomic E-state index is 0.139. The highest BCUT2D eigenvalue weighted by molar-refractivity contribution is 6.32. The number of aliphatic hydroxyl groups is 1. The number of benzene rings is 1. The van der Waals surface area contributed by atoms with Gasteiger partial charge in [0.2, 0.25) is 0 Å². The van der Waals surface area contributed by atoms with Gasteiger partial charge in [0.25, 0.3) is 0 Å². The molecule has 0 unspecified atom stereocenters. The first-order chi connectivity index (χ1) is 19.9. The van der Waals surface area contributed by atoms with Gasteiger partial charge in [0.15, 0.2) is 0 Å². The van der Waals surface area contributed by atoms with Gasteiger partial charge in [0, 0.05) is 42.0 Å². The molecule has 41 heavy (non-hydrogen) atoms. The Morgan fingerprint density at radius 1 is 0.976 bits per heavy atom. The van der Waals surface area contributed by atoms with Gasteiger partial charge in [-0.3, -0.25) is 4.90 Å². The van der Waals surface area contributed by atoms with E-state index in [0.717, 1.165) is 75.4 Å². The number of fused-ring (bicyclic) bond motifs is 2. The topological polar surface area (TPSA) is 85.2 Å². The molecule has 2 aromatic rings. The summed E-state index contributed by atoms with van der Waals surface area (Å²) >= 11 is 6.68. The molecule has 0 bridgehead atoms. The van der Waals surface area contributed by atoms with Crippen molar-refractivity contribution in [1.29, 1.82) is 0 Å². The summed E-state index contributed by atoms with van der Waals surface area (Å²) in [5.74, 6) is 1.72. The molecule has 5 fully saturated rings. The second-order valence-corrected chi connectivity index (χ2v) is 14.3. The molecule has 6 aliphatic rings. The van der Waals surface area contributed by atoms with E-state index in [4.69, 9.17) is 26.3 Å². The zero-order chi connectivity index (χ0) is 27.8. The molecule has 8 nitrogen and oxygen atoms in total. The van der Waals surface area contributed by atoms with Crippen LogP contribution in [0.2, 0.25) is 5.02 Å². The summed E-state index contributed by atoms with van der Waals surface area (Å²) in [6.45, 7) is 6.41. The van der Waals surface area contributed by atoms with Crippen LogP contribution in [-0.4, -0.2) is 76.1 Å². The Morgan fingerprint density at radius 3 is 2.51 bits per heavy atom. The molecular weight excluding hydrogens is 538 g/mol. The molecule has 8 rings (SSSR count). The van der Waals surface area contributed by atoms with Crippen LogP contribution in [0.5, 0.6) is 11.8 Å². The molecule has 220 valence electrons. The number of hydrogen-bond donors (Lipinski definition) is 2. The number of aromatic hydroxyl groups is 1. The zero-order valence-corrected chi connectivity index (χ0v) is 24.7. The number of piperidine rings is 1. The van der Waals surface area contributed by atoms with Crippen molar-refractivity contribution in [2.45, 2.75) is 94.7 Å². The lowest BCUT2D eigenvalue weighted by Crippen LogP contribution is -2.53. The second-order valence-electron chi connectivity index (χ2n) is 13.9. The lowest BCUT2D eigenvalue weighted by Gasteiger charge is -2.52. The maximum absolute atomic E-state index is 10.5. The van der Waals surface area contributed by atoms with E-state index in [1.165, 1.54) is 56.3 Å². The standard InChI is InChI=1S/C32H42ClN5O3/c33-25-14-22(39)15-27(28(25)21-4-5-21)36-13-6-24-26(18-36)34-30(41-20-32-8-2-11-38(32)12-3-9-32)35-29(24)37-10-1-7-31(19-37)16-23(40)17-31/h14-15,21,23,39-40H,1-13,16-20H2. The summed E-state index contributed by atoms with van der Waals surface area (Å²) in [5.41, 5.74) is 4.81. The van der Waals surface area contributed by atoms with E-state index < -0.39 is 0 Å². The minimum atomic E-state index is -0.156. The van der Waals surface area contributed by atoms with Crippen molar-refractivity contribution in [3.05, 3.63) is 34.0 Å². The van der Waals surface area contributed by atoms with Crippen molar-refractivity contribution in [2.24, 2.45) is 5.41 Å². The number of phenols is 1. The average molecular weight is 580 g/mol. The number of anilines is 2. The summed E-state index contributed by atoms with van der Waals surface area (Å²) < 4.78 is 6.54. The molecule has 5 heterocycles. The van der Waals surface area contributed by atoms with Gasteiger partial charge in [-0.05, 0) is 107 Å². The number of aromatic nitrogens is 2. The molecule has 1 aromatic heterocycles. The number of ether oxygens (including phenoxy) is 1. The molecule has 2 N–H and O–H groups in total. The number of phenolic OH excluding ortho intramolecular Hbond substituents is 1. The normalized spacial score (nSPS) is 29.0. The SMILES string of the molecule is Oc1cc(Cl)c(C2CC2)c(N2CCc3c(nc(OCC45CCCN4CCC5)nc3N3CCCC4(CC(O)C4)C3)C2)c1. The third-order valence-corrected chi connectivity index (χ3v) is 11.3. The third kappa shape index (κ3) is 4.65. The Kier molecular flexibility index (Phi) is 6.35. The molecule has 0 atom stereocenters. The summed E-state index contributed by atoms with van der Waals surface area (Å²) in [6.07, 6.45) is 12.0. The van der Waals surface area contributed by atoms with Gasteiger partial charge in [-0.2, -0.15) is 9.97 Å². The van der Waals surface area contributed by atoms with E-state index in [9.17, 15) is 10.2 Å². The predicted molar refractivity (Wildman–Crippen MR) is 159 cm³/mol. The molecule has 2 aliphatic carbocycles. The van der Waals surface area contributed by atoms with Crippen molar-refractivity contribution in [3.8, 4) is 11.8 Å². The van der Waals surface area contributed by atoms with E-state index >= 15 is 0 Å². The van der Waals surface area contributed by atoms with Gasteiger partial charge in [-0.25, -0.2) is 0 Å². The molecule has 3 saturated heterocycles. The second kappa shape index (κ2) is 9.88. The van der Waals surface area contributed by atoms with Crippen LogP contribution in [0.15, 0.2) is 12.1 Å². The zero-order valence-electron chi connectivity index (χ0n) is 24.0. The first-order valence-corrected chi connectivity index (χ1v) is 16.3. The van der Waals surface area contributed by atoms with Gasteiger partial charge in [-0.1, -0.05) is 11.6 Å². The van der Waals surface area contributed by atoms with Gasteiger partial charge < -0.3 is 24.7 Å². The first-order valence-electron chi connectivity index (χ1n) is 15.9. The molecule has 0 radical (unpaired) electrons. The van der Waals surface area contributed by atoms with Crippen LogP contribution in [0.25, 0.3) is 0 Å². The lowest BCUT2D eigenvalue weighted by molar-refractivity contribution is -0.0397. The molecular formula is C32H42ClN5O3. The van der Waals surface area contributed by atoms with Gasteiger partial charge >= 0.3 is 6.01 Å². The fraction of sp³-hybridized carbons (Fsp3) is 0.688. The number of rotatable bonds is 6. The van der Waals surface area contributed by atoms with Gasteiger partial charge in [0.05, 0.1) is 23.9 Å². The average Bonchev–Trinajstić information content (AvgIpc) is 3.57. The Hall–Kier alpha value is -2.29. The smallest absolute Gasteiger partial charge is 0.318 e. The highest BCUT2D eigenvalue weighted by atomic mass is 35.5. The van der Waals surface area contributed by atoms with Crippen LogP contribution < -0.4 is 14.5 Å². The first kappa shape index (κ1) is 26.3. The molecule has 2 saturated carbocycles. The van der Waals surface area contributed by atoms with Crippen molar-refractivity contribution in [3.63, 3.8) is 0 Å². The third-order valence-electron chi connectivity index (χ3n) is 11.0. The predicted octanol–water partition coefficient (Wildman–Crippen LogP) is 5.02. The molecule has 9 heteroatoms. The fourth-order valence-electron chi connectivity index (χ4n) is 8.87. The lowest BCUT2D eigenvalue weighted by atomic mass is 9.62. The van der Waals surface area contributed by atoms with Crippen molar-refractivity contribution >= 4 is 23.1 Å². The van der Waals surface area contributed by atoms with Crippen LogP contribution >= 0.6 is 11.6 Å². The monoisotopic (exact) mass is 579 g/mol. The van der Waals surface area contributed by atoms with Crippen LogP contribution in [-0.2, 0) is 13.0 Å². The van der Waals surface area contributed by atoms with Crippen LogP contribution in [0, 0.1) is 5.41 Å². The van der Waals surface area contributed by atoms with Crippen molar-refractivity contribution in [1.82, 2.24) is 14.9 Å². The van der Waals surface area contributed by atoms with E-state index in [0.29, 0.717) is 30.1 Å². The van der Waals surface area contributed by atoms with E-state index in [1.54, 1.807) is 6.07 Å². The maximum atomic E-state index is 10.5. The summed E-state index contributed by atoms with van der Waals surface area (Å²) in [7, 11) is 0. The largest absolute Gasteiger partial charge is 0.508 e. The van der Waals surface area contributed by atoms with Gasteiger partial charge in [0.1, 0.15) is 18.2 Å². The number of nitrogens with zero attached hydrogens (tertiary/aromatic N) is 5. The van der Waals surface area contributed by atoms with Crippen LogP contribution in [0.3, 0.4) is 0 Å². The van der Waals surface area contributed by atoms with Crippen molar-refractivity contribution in [2.75, 3.05) is 49.1 Å². The van der Waals surface area contributed by atoms with Crippen molar-refractivity contribution < 1.29 is 14.9 Å². The summed E-state index contributed by atoms with van der Waals surface area (Å²) in [6, 6.07) is 4.06. The Balaban J connectivity index is 1.13. The summed E-state index contributed by atoms with van der Waals surface area (Å²) in [4.78, 5) is 17.6. The maximum Gasteiger partial charge on any atom is 0.318 e. The Labute approximate surface area is 247 Å². The van der Waals surface area contributed by atoms with Gasteiger partial charge in [-0.15, -0.1) is 0 Å². The highest BCUT2D eigenvalue weighted by Crippen LogP contribution is 2.51. The van der Waals surface area contributed by atoms with Crippen LogP contribution in [0.4, 0.5) is 11.5 Å². The molecule has 4 aliphatic heterocycles. The summed E-state index contributed by atoms with van der Waals surface area (Å²) in [5, 5.41) is 21.3. The highest BCUT2D eigenvalue weighted by Gasteiger charge is 2.47. The molecule has 1 aromatic carbocycles. The minimum Gasteiger partial charge on any atom is -0.508 e. The molecule has 0 amide bonds. The number of aliphatic hydroxyl groups excluding tert-OH is 1. The number of halogens is 1.